The Balaban J connectivity index is 4.58. The fourth-order valence-electron chi connectivity index (χ4n) is 1.34. The van der Waals surface area contributed by atoms with Gasteiger partial charge in [0.05, 0.1) is 13.2 Å². The van der Waals surface area contributed by atoms with Gasteiger partial charge in [-0.2, -0.15) is 5.26 Å². The van der Waals surface area contributed by atoms with Crippen molar-refractivity contribution in [2.45, 2.75) is 6.42 Å². The first-order valence-electron chi connectivity index (χ1n) is 6.37. The topological polar surface area (TPSA) is 74.6 Å². The molecule has 0 bridgehead atoms. The van der Waals surface area contributed by atoms with Gasteiger partial charge < -0.3 is 19.7 Å². The average Bonchev–Trinajstić information content (AvgIpc) is 2.46. The molecule has 7 heteroatoms. The summed E-state index contributed by atoms with van der Waals surface area (Å²) >= 11 is 5.53. The van der Waals surface area contributed by atoms with E-state index in [1.807, 2.05) is 11.0 Å². The summed E-state index contributed by atoms with van der Waals surface area (Å²) in [7, 11) is 3.20. The van der Waals surface area contributed by atoms with Crippen LogP contribution in [-0.2, 0) is 14.3 Å². The first-order valence-corrected chi connectivity index (χ1v) is 6.91. The maximum atomic E-state index is 11.8. The number of alkyl halides is 1. The lowest BCUT2D eigenvalue weighted by Crippen LogP contribution is -2.30. The highest BCUT2D eigenvalue weighted by molar-refractivity contribution is 6.17. The smallest absolute Gasteiger partial charge is 0.263 e. The van der Waals surface area contributed by atoms with Crippen LogP contribution >= 0.6 is 11.6 Å². The molecule has 114 valence electrons. The summed E-state index contributed by atoms with van der Waals surface area (Å²) < 4.78 is 10.00. The SMILES string of the molecule is COCCN(/C=C(/C#N)C(=O)NCCCCl)CCOC. The third-order valence-corrected chi connectivity index (χ3v) is 2.71. The number of ether oxygens (including phenoxy) is 2. The van der Waals surface area contributed by atoms with Gasteiger partial charge in [-0.05, 0) is 6.42 Å². The van der Waals surface area contributed by atoms with Crippen molar-refractivity contribution in [2.75, 3.05) is 52.9 Å². The van der Waals surface area contributed by atoms with Crippen molar-refractivity contribution < 1.29 is 14.3 Å². The van der Waals surface area contributed by atoms with Crippen molar-refractivity contribution in [3.63, 3.8) is 0 Å². The highest BCUT2D eigenvalue weighted by Crippen LogP contribution is 1.99. The number of carbonyl (C=O) groups is 1. The first kappa shape index (κ1) is 18.7. The maximum Gasteiger partial charge on any atom is 0.263 e. The van der Waals surface area contributed by atoms with Gasteiger partial charge in [-0.15, -0.1) is 11.6 Å². The summed E-state index contributed by atoms with van der Waals surface area (Å²) in [6.45, 7) is 2.64. The second kappa shape index (κ2) is 12.7. The fraction of sp³-hybridized carbons (Fsp3) is 0.692. The highest BCUT2D eigenvalue weighted by Gasteiger charge is 2.10. The van der Waals surface area contributed by atoms with Gasteiger partial charge in [-0.3, -0.25) is 4.79 Å². The van der Waals surface area contributed by atoms with Gasteiger partial charge in [0.25, 0.3) is 5.91 Å². The molecular formula is C13H22ClN3O3. The van der Waals surface area contributed by atoms with Crippen molar-refractivity contribution in [1.29, 1.82) is 5.26 Å². The monoisotopic (exact) mass is 303 g/mol. The Labute approximate surface area is 125 Å². The van der Waals surface area contributed by atoms with Gasteiger partial charge in [0.1, 0.15) is 11.6 Å². The van der Waals surface area contributed by atoms with Gasteiger partial charge in [0, 0.05) is 45.9 Å². The molecule has 0 fully saturated rings. The molecule has 1 N–H and O–H groups in total. The molecule has 0 aromatic heterocycles. The number of nitriles is 1. The lowest BCUT2D eigenvalue weighted by Gasteiger charge is -2.20. The van der Waals surface area contributed by atoms with Crippen molar-refractivity contribution in [3.8, 4) is 6.07 Å². The molecule has 0 spiro atoms. The lowest BCUT2D eigenvalue weighted by atomic mass is 10.2. The summed E-state index contributed by atoms with van der Waals surface area (Å²) in [5, 5.41) is 11.7. The molecule has 0 saturated heterocycles. The summed E-state index contributed by atoms with van der Waals surface area (Å²) in [6, 6.07) is 1.90. The average molecular weight is 304 g/mol. The van der Waals surface area contributed by atoms with Crippen LogP contribution in [0.25, 0.3) is 0 Å². The van der Waals surface area contributed by atoms with Crippen LogP contribution in [-0.4, -0.2) is 63.8 Å². The zero-order valence-electron chi connectivity index (χ0n) is 12.0. The third-order valence-electron chi connectivity index (χ3n) is 2.44. The van der Waals surface area contributed by atoms with Crippen LogP contribution in [0.5, 0.6) is 0 Å². The van der Waals surface area contributed by atoms with E-state index in [1.54, 1.807) is 14.2 Å². The first-order chi connectivity index (χ1) is 9.69. The van der Waals surface area contributed by atoms with Crippen LogP contribution in [0.1, 0.15) is 6.42 Å². The van der Waals surface area contributed by atoms with E-state index in [-0.39, 0.29) is 5.57 Å². The quantitative estimate of drug-likeness (QED) is 0.264. The van der Waals surface area contributed by atoms with Crippen molar-refractivity contribution in [1.82, 2.24) is 10.2 Å². The number of nitrogens with zero attached hydrogens (tertiary/aromatic N) is 2. The minimum atomic E-state index is -0.391. The molecule has 0 aromatic carbocycles. The Morgan fingerprint density at radius 2 is 1.95 bits per heavy atom. The number of rotatable bonds is 11. The normalized spacial score (nSPS) is 11.0. The maximum absolute atomic E-state index is 11.8. The second-order valence-corrected chi connectivity index (χ2v) is 4.35. The number of halogens is 1. The second-order valence-electron chi connectivity index (χ2n) is 3.97. The van der Waals surface area contributed by atoms with Crippen LogP contribution in [0.2, 0.25) is 0 Å². The predicted octanol–water partition coefficient (Wildman–Crippen LogP) is 0.734. The van der Waals surface area contributed by atoms with Crippen molar-refractivity contribution in [2.24, 2.45) is 0 Å². The molecule has 0 atom stereocenters. The molecule has 0 aliphatic carbocycles. The van der Waals surface area contributed by atoms with E-state index in [4.69, 9.17) is 26.3 Å². The van der Waals surface area contributed by atoms with E-state index >= 15 is 0 Å². The Bertz CT molecular complexity index is 334. The van der Waals surface area contributed by atoms with Crippen LogP contribution in [0.15, 0.2) is 11.8 Å². The molecule has 0 radical (unpaired) electrons. The largest absolute Gasteiger partial charge is 0.383 e. The Hall–Kier alpha value is -1.29. The predicted molar refractivity (Wildman–Crippen MR) is 77.4 cm³/mol. The molecule has 0 aliphatic heterocycles. The minimum Gasteiger partial charge on any atom is -0.383 e. The molecule has 1 amide bonds. The van der Waals surface area contributed by atoms with Crippen LogP contribution in [0, 0.1) is 11.3 Å². The summed E-state index contributed by atoms with van der Waals surface area (Å²) in [5.41, 5.74) is 0.0618. The van der Waals surface area contributed by atoms with E-state index in [2.05, 4.69) is 5.32 Å². The Kier molecular flexibility index (Phi) is 11.9. The number of hydrogen-bond acceptors (Lipinski definition) is 5. The molecule has 0 heterocycles. The van der Waals surface area contributed by atoms with Gasteiger partial charge >= 0.3 is 0 Å². The minimum absolute atomic E-state index is 0.0618. The van der Waals surface area contributed by atoms with E-state index in [0.29, 0.717) is 45.1 Å². The molecule has 0 unspecified atom stereocenters. The molecule has 0 saturated carbocycles. The number of hydrogen-bond donors (Lipinski definition) is 1. The molecule has 0 aromatic rings. The number of amides is 1. The zero-order chi connectivity index (χ0) is 15.2. The zero-order valence-corrected chi connectivity index (χ0v) is 12.8. The molecule has 0 aliphatic rings. The standard InChI is InChI=1S/C13H22ClN3O3/c1-19-8-6-17(7-9-20-2)11-12(10-15)13(18)16-5-3-4-14/h11H,3-9H2,1-2H3,(H,16,18)/b12-11-. The molecular weight excluding hydrogens is 282 g/mol. The lowest BCUT2D eigenvalue weighted by molar-refractivity contribution is -0.117. The van der Waals surface area contributed by atoms with Gasteiger partial charge in [-0.25, -0.2) is 0 Å². The van der Waals surface area contributed by atoms with Crippen molar-refractivity contribution in [3.05, 3.63) is 11.8 Å². The van der Waals surface area contributed by atoms with E-state index in [9.17, 15) is 4.79 Å². The van der Waals surface area contributed by atoms with Gasteiger partial charge in [0.15, 0.2) is 0 Å². The van der Waals surface area contributed by atoms with Crippen LogP contribution < -0.4 is 5.32 Å². The van der Waals surface area contributed by atoms with Crippen LogP contribution in [0.3, 0.4) is 0 Å². The number of methoxy groups -OCH3 is 2. The van der Waals surface area contributed by atoms with E-state index < -0.39 is 5.91 Å². The Morgan fingerprint density at radius 1 is 1.35 bits per heavy atom. The van der Waals surface area contributed by atoms with Crippen LogP contribution in [0.4, 0.5) is 0 Å². The van der Waals surface area contributed by atoms with Gasteiger partial charge in [-0.1, -0.05) is 0 Å². The van der Waals surface area contributed by atoms with E-state index in [0.717, 1.165) is 0 Å². The summed E-state index contributed by atoms with van der Waals surface area (Å²) in [5.74, 6) is 0.0807. The molecule has 20 heavy (non-hydrogen) atoms. The third kappa shape index (κ3) is 8.75. The highest BCUT2D eigenvalue weighted by atomic mass is 35.5. The number of nitrogens with one attached hydrogen (secondary N) is 1. The molecule has 6 nitrogen and oxygen atoms in total. The number of carbonyl (C=O) groups excluding carboxylic acids is 1. The van der Waals surface area contributed by atoms with E-state index in [1.165, 1.54) is 6.20 Å². The van der Waals surface area contributed by atoms with Gasteiger partial charge in [0.2, 0.25) is 0 Å². The molecule has 0 rings (SSSR count). The Morgan fingerprint density at radius 3 is 2.40 bits per heavy atom. The van der Waals surface area contributed by atoms with Crippen molar-refractivity contribution >= 4 is 17.5 Å². The fourth-order valence-corrected chi connectivity index (χ4v) is 1.48. The summed E-state index contributed by atoms with van der Waals surface area (Å²) in [4.78, 5) is 13.6. The summed E-state index contributed by atoms with van der Waals surface area (Å²) in [6.07, 6.45) is 2.21.